The molecule has 0 fully saturated rings. The van der Waals surface area contributed by atoms with Crippen LogP contribution in [0.2, 0.25) is 0 Å². The molecule has 4 nitrogen and oxygen atoms in total. The van der Waals surface area contributed by atoms with Crippen molar-refractivity contribution in [1.29, 1.82) is 0 Å². The molecule has 0 atom stereocenters. The molecule has 0 unspecified atom stereocenters. The molecule has 0 bridgehead atoms. The first-order valence-electron chi connectivity index (χ1n) is 3.88. The van der Waals surface area contributed by atoms with Crippen molar-refractivity contribution in [3.8, 4) is 0 Å². The molecular weight excluding hydrogens is 171 g/mol. The highest BCUT2D eigenvalue weighted by Gasteiger charge is 2.15. The van der Waals surface area contributed by atoms with E-state index in [1.807, 2.05) is 0 Å². The van der Waals surface area contributed by atoms with Gasteiger partial charge in [0.25, 0.3) is 0 Å². The second kappa shape index (κ2) is 4.39. The Morgan fingerprint density at radius 2 is 1.77 bits per heavy atom. The van der Waals surface area contributed by atoms with Gasteiger partial charge in [-0.2, -0.15) is 0 Å². The standard InChI is InChI=1S/C8H11BO4/c10-4-6-1-2-8(9(12)13)7(3-6)5-11/h1-3,10-13H,4-5H2. The average Bonchev–Trinajstić information content (AvgIpc) is 2.16. The molecule has 0 aliphatic heterocycles. The smallest absolute Gasteiger partial charge is 0.423 e. The normalized spacial score (nSPS) is 10.2. The molecule has 13 heavy (non-hydrogen) atoms. The first-order valence-corrected chi connectivity index (χ1v) is 3.88. The second-order valence-corrected chi connectivity index (χ2v) is 2.72. The van der Waals surface area contributed by atoms with Crippen molar-refractivity contribution in [1.82, 2.24) is 0 Å². The maximum absolute atomic E-state index is 8.88. The fourth-order valence-electron chi connectivity index (χ4n) is 1.15. The molecule has 0 saturated carbocycles. The summed E-state index contributed by atoms with van der Waals surface area (Å²) in [7, 11) is -1.59. The van der Waals surface area contributed by atoms with E-state index in [1.54, 1.807) is 6.07 Å². The van der Waals surface area contributed by atoms with Crippen LogP contribution < -0.4 is 5.46 Å². The van der Waals surface area contributed by atoms with Gasteiger partial charge in [0.1, 0.15) is 0 Å². The zero-order valence-corrected chi connectivity index (χ0v) is 7.01. The van der Waals surface area contributed by atoms with Crippen molar-refractivity contribution in [2.45, 2.75) is 13.2 Å². The monoisotopic (exact) mass is 182 g/mol. The minimum atomic E-state index is -1.59. The lowest BCUT2D eigenvalue weighted by Crippen LogP contribution is -2.33. The number of hydrogen-bond donors (Lipinski definition) is 4. The van der Waals surface area contributed by atoms with Crippen LogP contribution in [0, 0.1) is 0 Å². The highest BCUT2D eigenvalue weighted by molar-refractivity contribution is 6.59. The Balaban J connectivity index is 3.08. The van der Waals surface area contributed by atoms with E-state index in [2.05, 4.69) is 0 Å². The van der Waals surface area contributed by atoms with Gasteiger partial charge in [-0.15, -0.1) is 0 Å². The van der Waals surface area contributed by atoms with E-state index >= 15 is 0 Å². The van der Waals surface area contributed by atoms with Gasteiger partial charge in [0.15, 0.2) is 0 Å². The SMILES string of the molecule is OCc1ccc(B(O)O)c(CO)c1. The third-order valence-corrected chi connectivity index (χ3v) is 1.84. The molecule has 1 rings (SSSR count). The van der Waals surface area contributed by atoms with E-state index in [-0.39, 0.29) is 18.7 Å². The number of hydrogen-bond acceptors (Lipinski definition) is 4. The molecule has 1 aromatic carbocycles. The largest absolute Gasteiger partial charge is 0.488 e. The summed E-state index contributed by atoms with van der Waals surface area (Å²) >= 11 is 0. The predicted molar refractivity (Wildman–Crippen MR) is 48.1 cm³/mol. The minimum Gasteiger partial charge on any atom is -0.423 e. The van der Waals surface area contributed by atoms with E-state index < -0.39 is 7.12 Å². The average molecular weight is 182 g/mol. The highest BCUT2D eigenvalue weighted by atomic mass is 16.4. The third kappa shape index (κ3) is 2.29. The number of aliphatic hydroxyl groups is 2. The molecule has 0 radical (unpaired) electrons. The number of benzene rings is 1. The van der Waals surface area contributed by atoms with Gasteiger partial charge in [0.05, 0.1) is 13.2 Å². The van der Waals surface area contributed by atoms with Crippen molar-refractivity contribution in [3.63, 3.8) is 0 Å². The Morgan fingerprint density at radius 3 is 2.23 bits per heavy atom. The lowest BCUT2D eigenvalue weighted by molar-refractivity contribution is 0.275. The van der Waals surface area contributed by atoms with Crippen molar-refractivity contribution >= 4 is 12.6 Å². The second-order valence-electron chi connectivity index (χ2n) is 2.72. The highest BCUT2D eigenvalue weighted by Crippen LogP contribution is 2.03. The fourth-order valence-corrected chi connectivity index (χ4v) is 1.15. The molecule has 5 heteroatoms. The van der Waals surface area contributed by atoms with Crippen LogP contribution in [-0.2, 0) is 13.2 Å². The van der Waals surface area contributed by atoms with E-state index in [1.165, 1.54) is 12.1 Å². The van der Waals surface area contributed by atoms with Gasteiger partial charge in [-0.3, -0.25) is 0 Å². The third-order valence-electron chi connectivity index (χ3n) is 1.84. The zero-order valence-electron chi connectivity index (χ0n) is 7.01. The molecule has 0 aliphatic carbocycles. The van der Waals surface area contributed by atoms with Crippen LogP contribution in [0.4, 0.5) is 0 Å². The van der Waals surface area contributed by atoms with Gasteiger partial charge in [-0.05, 0) is 16.6 Å². The van der Waals surface area contributed by atoms with Gasteiger partial charge >= 0.3 is 7.12 Å². The summed E-state index contributed by atoms with van der Waals surface area (Å²) in [5.74, 6) is 0. The quantitative estimate of drug-likeness (QED) is 0.422. The van der Waals surface area contributed by atoms with Crippen LogP contribution in [-0.4, -0.2) is 27.4 Å². The van der Waals surface area contributed by atoms with Crippen LogP contribution in [0.15, 0.2) is 18.2 Å². The molecular formula is C8H11BO4. The minimum absolute atomic E-state index is 0.130. The van der Waals surface area contributed by atoms with Crippen molar-refractivity contribution < 1.29 is 20.3 Å². The summed E-state index contributed by atoms with van der Waals surface area (Å²) in [6.07, 6.45) is 0. The van der Waals surface area contributed by atoms with Crippen molar-refractivity contribution in [3.05, 3.63) is 29.3 Å². The molecule has 0 aliphatic rings. The summed E-state index contributed by atoms with van der Waals surface area (Å²) < 4.78 is 0. The van der Waals surface area contributed by atoms with Crippen LogP contribution >= 0.6 is 0 Å². The Hall–Kier alpha value is -0.875. The predicted octanol–water partition coefficient (Wildman–Crippen LogP) is -1.65. The zero-order chi connectivity index (χ0) is 9.84. The summed E-state index contributed by atoms with van der Waals surface area (Å²) in [6, 6.07) is 4.59. The van der Waals surface area contributed by atoms with Gasteiger partial charge in [0.2, 0.25) is 0 Å². The van der Waals surface area contributed by atoms with Crippen LogP contribution in [0.1, 0.15) is 11.1 Å². The Morgan fingerprint density at radius 1 is 1.08 bits per heavy atom. The van der Waals surface area contributed by atoms with Gasteiger partial charge in [-0.25, -0.2) is 0 Å². The molecule has 1 aromatic rings. The van der Waals surface area contributed by atoms with Crippen LogP contribution in [0.25, 0.3) is 0 Å². The summed E-state index contributed by atoms with van der Waals surface area (Å²) in [4.78, 5) is 0. The lowest BCUT2D eigenvalue weighted by atomic mass is 9.76. The van der Waals surface area contributed by atoms with Crippen molar-refractivity contribution in [2.24, 2.45) is 0 Å². The van der Waals surface area contributed by atoms with E-state index in [4.69, 9.17) is 20.3 Å². The number of rotatable bonds is 3. The van der Waals surface area contributed by atoms with Crippen LogP contribution in [0.3, 0.4) is 0 Å². The first kappa shape index (κ1) is 10.2. The molecule has 70 valence electrons. The molecule has 4 N–H and O–H groups in total. The fraction of sp³-hybridized carbons (Fsp3) is 0.250. The Bertz CT molecular complexity index is 287. The van der Waals surface area contributed by atoms with Crippen LogP contribution in [0.5, 0.6) is 0 Å². The van der Waals surface area contributed by atoms with Gasteiger partial charge in [-0.1, -0.05) is 18.2 Å². The Kier molecular flexibility index (Phi) is 3.44. The molecule has 0 saturated heterocycles. The molecule has 0 amide bonds. The Labute approximate surface area is 76.2 Å². The molecule has 0 heterocycles. The molecule has 0 spiro atoms. The van der Waals surface area contributed by atoms with E-state index in [9.17, 15) is 0 Å². The first-order chi connectivity index (χ1) is 6.19. The van der Waals surface area contributed by atoms with E-state index in [0.717, 1.165) is 0 Å². The summed E-state index contributed by atoms with van der Waals surface area (Å²) in [5.41, 5.74) is 1.31. The van der Waals surface area contributed by atoms with Crippen molar-refractivity contribution in [2.75, 3.05) is 0 Å². The number of aliphatic hydroxyl groups excluding tert-OH is 2. The van der Waals surface area contributed by atoms with Gasteiger partial charge < -0.3 is 20.3 Å². The maximum atomic E-state index is 8.88. The summed E-state index contributed by atoms with van der Waals surface area (Å²) in [6.45, 7) is -0.407. The lowest BCUT2D eigenvalue weighted by Gasteiger charge is -2.07. The van der Waals surface area contributed by atoms with Gasteiger partial charge in [0, 0.05) is 0 Å². The maximum Gasteiger partial charge on any atom is 0.488 e. The van der Waals surface area contributed by atoms with E-state index in [0.29, 0.717) is 11.1 Å². The summed E-state index contributed by atoms with van der Waals surface area (Å²) in [5, 5.41) is 35.4. The molecule has 0 aromatic heterocycles. The topological polar surface area (TPSA) is 80.9 Å².